The largest absolute Gasteiger partial charge is 0.495 e. The number of hydrogen-bond donors (Lipinski definition) is 8. The molecule has 0 spiro atoms. The summed E-state index contributed by atoms with van der Waals surface area (Å²) in [6, 6.07) is 14.9. The Morgan fingerprint density at radius 2 is 1.09 bits per heavy atom. The molecular weight excluding hydrogens is 967 g/mol. The maximum absolute atomic E-state index is 12.7. The van der Waals surface area contributed by atoms with E-state index in [2.05, 4.69) is 56.2 Å². The summed E-state index contributed by atoms with van der Waals surface area (Å²) in [6.45, 7) is 7.75. The highest BCUT2D eigenvalue weighted by Crippen LogP contribution is 2.39. The monoisotopic (exact) mass is 1020 g/mol. The third kappa shape index (κ3) is 13.3. The fourth-order valence-corrected chi connectivity index (χ4v) is 8.29. The number of nitrogens with two attached hydrogens (primary N) is 2. The van der Waals surface area contributed by atoms with Crippen molar-refractivity contribution in [2.75, 3.05) is 62.5 Å². The first-order valence-electron chi connectivity index (χ1n) is 23.6. The molecule has 10 rings (SSSR count). The smallest absolute Gasteiger partial charge is 0.300 e. The molecular formula is C50H57N17O8. The predicted octanol–water partition coefficient (Wildman–Crippen LogP) is 5.20. The highest BCUT2D eigenvalue weighted by atomic mass is 16.5. The normalized spacial score (nSPS) is 13.5. The summed E-state index contributed by atoms with van der Waals surface area (Å²) in [4.78, 5) is 72.7. The van der Waals surface area contributed by atoms with E-state index < -0.39 is 11.9 Å². The van der Waals surface area contributed by atoms with Crippen LogP contribution < -0.4 is 42.2 Å². The van der Waals surface area contributed by atoms with Crippen molar-refractivity contribution in [2.45, 2.75) is 58.5 Å². The van der Waals surface area contributed by atoms with Crippen LogP contribution in [0.3, 0.4) is 0 Å². The van der Waals surface area contributed by atoms with Crippen LogP contribution in [-0.4, -0.2) is 129 Å². The fraction of sp³-hybridized carbons (Fsp3) is 0.300. The number of anilines is 4. The second-order valence-electron chi connectivity index (χ2n) is 17.0. The number of nitrogen functional groups attached to an aromatic ring is 2. The van der Waals surface area contributed by atoms with Crippen molar-refractivity contribution >= 4 is 68.8 Å². The van der Waals surface area contributed by atoms with Gasteiger partial charge in [-0.15, -0.1) is 0 Å². The van der Waals surface area contributed by atoms with Gasteiger partial charge in [0.2, 0.25) is 0 Å². The van der Waals surface area contributed by atoms with Crippen LogP contribution in [0.2, 0.25) is 0 Å². The van der Waals surface area contributed by atoms with E-state index in [1.165, 1.54) is 31.2 Å². The molecule has 8 heterocycles. The first-order chi connectivity index (χ1) is 36.2. The van der Waals surface area contributed by atoms with Crippen molar-refractivity contribution in [1.29, 1.82) is 0 Å². The number of aryl methyl sites for hydroxylation is 1. The van der Waals surface area contributed by atoms with Gasteiger partial charge in [-0.05, 0) is 95.2 Å². The Labute approximate surface area is 429 Å². The topological polar surface area (TPSA) is 353 Å². The van der Waals surface area contributed by atoms with E-state index in [0.29, 0.717) is 67.9 Å². The van der Waals surface area contributed by atoms with E-state index >= 15 is 0 Å². The maximum atomic E-state index is 12.7. The van der Waals surface area contributed by atoms with E-state index in [1.807, 2.05) is 40.6 Å². The minimum atomic E-state index is -0.833. The number of piperidine rings is 2. The third-order valence-corrected chi connectivity index (χ3v) is 11.8. The zero-order chi connectivity index (χ0) is 53.6. The SMILES string of the molecule is CC(=O)O.CC(=O)O.COc1cc(-c2nn(C3CCNCC3)c3ncnc(N)c23)ccc1NC(=O)c1ccc(C)nc1.COc1cc(-c2nn(C3CCNCC3)c3ncnc(N)c23)ccc1NC(=O)c1cnccn1. The average molecular weight is 1020 g/mol. The lowest BCUT2D eigenvalue weighted by molar-refractivity contribution is -0.135. The zero-order valence-electron chi connectivity index (χ0n) is 41.8. The van der Waals surface area contributed by atoms with Crippen LogP contribution in [-0.2, 0) is 9.59 Å². The zero-order valence-corrected chi connectivity index (χ0v) is 41.8. The lowest BCUT2D eigenvalue weighted by Crippen LogP contribution is -2.30. The number of rotatable bonds is 10. The quantitative estimate of drug-likeness (QED) is 0.0872. The summed E-state index contributed by atoms with van der Waals surface area (Å²) in [5.41, 5.74) is 19.5. The molecule has 75 heavy (non-hydrogen) atoms. The summed E-state index contributed by atoms with van der Waals surface area (Å²) >= 11 is 0. The molecule has 0 unspecified atom stereocenters. The van der Waals surface area contributed by atoms with Crippen molar-refractivity contribution in [3.05, 3.63) is 103 Å². The van der Waals surface area contributed by atoms with Crippen molar-refractivity contribution in [3.8, 4) is 34.0 Å². The van der Waals surface area contributed by atoms with E-state index in [-0.39, 0.29) is 29.6 Å². The molecule has 390 valence electrons. The number of nitrogens with one attached hydrogen (secondary N) is 4. The Morgan fingerprint density at radius 3 is 1.51 bits per heavy atom. The molecule has 0 saturated carbocycles. The molecule has 2 aliphatic rings. The molecule has 0 bridgehead atoms. The van der Waals surface area contributed by atoms with Gasteiger partial charge in [0.05, 0.1) is 60.2 Å². The third-order valence-electron chi connectivity index (χ3n) is 11.8. The van der Waals surface area contributed by atoms with Crippen molar-refractivity contribution in [1.82, 2.24) is 65.1 Å². The predicted molar refractivity (Wildman–Crippen MR) is 279 cm³/mol. The summed E-state index contributed by atoms with van der Waals surface area (Å²) in [5, 5.41) is 38.5. The number of pyridine rings is 1. The number of carbonyl (C=O) groups is 4. The summed E-state index contributed by atoms with van der Waals surface area (Å²) in [5.74, 6) is -0.586. The van der Waals surface area contributed by atoms with Gasteiger partial charge in [-0.1, -0.05) is 12.1 Å². The number of nitrogens with zero attached hydrogens (tertiary/aromatic N) is 11. The number of fused-ring (bicyclic) bond motifs is 2. The van der Waals surface area contributed by atoms with Crippen LogP contribution >= 0.6 is 0 Å². The minimum absolute atomic E-state index is 0.209. The lowest BCUT2D eigenvalue weighted by Gasteiger charge is -2.23. The average Bonchev–Trinajstić information content (AvgIpc) is 4.01. The van der Waals surface area contributed by atoms with Gasteiger partial charge in [-0.25, -0.2) is 34.3 Å². The molecule has 2 saturated heterocycles. The van der Waals surface area contributed by atoms with Crippen molar-refractivity contribution in [2.24, 2.45) is 0 Å². The van der Waals surface area contributed by atoms with Crippen molar-refractivity contribution < 1.29 is 38.9 Å². The Bertz CT molecular complexity index is 3260. The molecule has 10 N–H and O–H groups in total. The highest BCUT2D eigenvalue weighted by molar-refractivity contribution is 6.06. The van der Waals surface area contributed by atoms with Gasteiger partial charge in [0.25, 0.3) is 23.8 Å². The second-order valence-corrected chi connectivity index (χ2v) is 17.0. The van der Waals surface area contributed by atoms with Gasteiger partial charge in [0.15, 0.2) is 11.3 Å². The molecule has 6 aromatic heterocycles. The van der Waals surface area contributed by atoms with E-state index in [4.69, 9.17) is 50.9 Å². The molecule has 0 aliphatic carbocycles. The van der Waals surface area contributed by atoms with Crippen LogP contribution in [0.5, 0.6) is 11.5 Å². The molecule has 2 aliphatic heterocycles. The number of ether oxygens (including phenoxy) is 2. The molecule has 25 nitrogen and oxygen atoms in total. The van der Waals surface area contributed by atoms with Gasteiger partial charge >= 0.3 is 0 Å². The van der Waals surface area contributed by atoms with Crippen LogP contribution in [0.1, 0.15) is 78.2 Å². The molecule has 25 heteroatoms. The number of carboxylic acids is 2. The van der Waals surface area contributed by atoms with Gasteiger partial charge in [0.1, 0.15) is 52.9 Å². The van der Waals surface area contributed by atoms with Gasteiger partial charge in [0, 0.05) is 49.3 Å². The van der Waals surface area contributed by atoms with Gasteiger partial charge in [-0.3, -0.25) is 29.1 Å². The number of methoxy groups -OCH3 is 2. The summed E-state index contributed by atoms with van der Waals surface area (Å²) in [7, 11) is 3.10. The number of hydrogen-bond acceptors (Lipinski definition) is 19. The molecule has 2 amide bonds. The molecule has 2 fully saturated rings. The Morgan fingerprint density at radius 1 is 0.627 bits per heavy atom. The minimum Gasteiger partial charge on any atom is -0.495 e. The maximum Gasteiger partial charge on any atom is 0.300 e. The Hall–Kier alpha value is -9.23. The second kappa shape index (κ2) is 24.9. The first-order valence-corrected chi connectivity index (χ1v) is 23.6. The Kier molecular flexibility index (Phi) is 17.8. The fourth-order valence-electron chi connectivity index (χ4n) is 8.29. The molecule has 0 atom stereocenters. The molecule has 2 aromatic carbocycles. The summed E-state index contributed by atoms with van der Waals surface area (Å²) < 4.78 is 15.1. The van der Waals surface area contributed by atoms with Crippen LogP contribution in [0.25, 0.3) is 44.6 Å². The lowest BCUT2D eigenvalue weighted by atomic mass is 10.1. The van der Waals surface area contributed by atoms with Gasteiger partial charge in [-0.2, -0.15) is 10.2 Å². The number of aliphatic carboxylic acids is 2. The highest BCUT2D eigenvalue weighted by Gasteiger charge is 2.26. The van der Waals surface area contributed by atoms with Crippen molar-refractivity contribution in [3.63, 3.8) is 0 Å². The molecule has 0 radical (unpaired) electrons. The summed E-state index contributed by atoms with van der Waals surface area (Å²) in [6.07, 6.45) is 12.7. The number of aromatic nitrogens is 11. The number of carbonyl (C=O) groups excluding carboxylic acids is 2. The van der Waals surface area contributed by atoms with Gasteiger partial charge < -0.3 is 52.4 Å². The number of carboxylic acid groups (broad SMARTS) is 2. The van der Waals surface area contributed by atoms with E-state index in [9.17, 15) is 9.59 Å². The number of amides is 2. The number of benzene rings is 2. The Balaban J connectivity index is 0.000000192. The standard InChI is InChI=1S/C24H26N8O2.C22H23N9O2.2C2H4O2/c1-14-3-4-16(12-27-14)24(33)30-18-6-5-15(11-19(18)34-2)21-20-22(25)28-13-29-23(20)32(31-21)17-7-9-26-10-8-17;1-33-17-10-13(2-3-15(17)29-22(32)16-11-25-8-9-26-16)19-18-20(23)27-12-28-21(18)31(30-19)14-4-6-24-7-5-14;2*1-2(3)4/h3-6,11-13,17,26H,7-10H2,1-2H3,(H,30,33)(H2,25,28,29);2-3,8-12,14,24H,4-7H2,1H3,(H,29,32)(H2,23,27,28);2*1H3,(H,3,4). The van der Waals surface area contributed by atoms with E-state index in [1.54, 1.807) is 44.7 Å². The van der Waals surface area contributed by atoms with Crippen LogP contribution in [0.4, 0.5) is 23.0 Å². The van der Waals surface area contributed by atoms with Crippen LogP contribution in [0, 0.1) is 6.92 Å². The van der Waals surface area contributed by atoms with Crippen LogP contribution in [0.15, 0.2) is 86.0 Å². The first kappa shape index (κ1) is 53.6. The van der Waals surface area contributed by atoms with E-state index in [0.717, 1.165) is 88.2 Å². The molecule has 8 aromatic rings.